The van der Waals surface area contributed by atoms with Crippen molar-refractivity contribution < 1.29 is 0 Å². The van der Waals surface area contributed by atoms with Crippen LogP contribution in [0.1, 0.15) is 20.3 Å². The van der Waals surface area contributed by atoms with Gasteiger partial charge in [0.25, 0.3) is 0 Å². The molecule has 1 unspecified atom stereocenters. The van der Waals surface area contributed by atoms with Gasteiger partial charge in [-0.05, 0) is 19.4 Å². The zero-order valence-electron chi connectivity index (χ0n) is 7.34. The van der Waals surface area contributed by atoms with E-state index in [-0.39, 0.29) is 0 Å². The number of hydrogen-bond acceptors (Lipinski definition) is 2. The van der Waals surface area contributed by atoms with E-state index in [9.17, 15) is 0 Å². The van der Waals surface area contributed by atoms with E-state index in [1.165, 1.54) is 0 Å². The molecule has 0 saturated heterocycles. The van der Waals surface area contributed by atoms with E-state index < -0.39 is 0 Å². The minimum Gasteiger partial charge on any atom is -0.381 e. The Morgan fingerprint density at radius 3 is 3.00 bits per heavy atom. The number of nitrogens with one attached hydrogen (secondary N) is 1. The van der Waals surface area contributed by atoms with E-state index in [1.807, 2.05) is 6.07 Å². The summed E-state index contributed by atoms with van der Waals surface area (Å²) >= 11 is 5.90. The second kappa shape index (κ2) is 4.31. The lowest BCUT2D eigenvalue weighted by Crippen LogP contribution is -2.13. The summed E-state index contributed by atoms with van der Waals surface area (Å²) in [5, 5.41) is 3.97. The average Bonchev–Trinajstić information content (AvgIpc) is 2.09. The van der Waals surface area contributed by atoms with Crippen molar-refractivity contribution in [3.63, 3.8) is 0 Å². The molecule has 0 spiro atoms. The Morgan fingerprint density at radius 1 is 1.67 bits per heavy atom. The van der Waals surface area contributed by atoms with Crippen molar-refractivity contribution in [1.82, 2.24) is 4.98 Å². The van der Waals surface area contributed by atoms with Crippen molar-refractivity contribution in [3.8, 4) is 0 Å². The molecule has 1 aromatic heterocycles. The molecule has 0 aromatic carbocycles. The maximum Gasteiger partial charge on any atom is 0.0820 e. The van der Waals surface area contributed by atoms with Gasteiger partial charge in [-0.25, -0.2) is 0 Å². The fourth-order valence-electron chi connectivity index (χ4n) is 0.860. The largest absolute Gasteiger partial charge is 0.381 e. The molecule has 1 rings (SSSR count). The topological polar surface area (TPSA) is 24.9 Å². The van der Waals surface area contributed by atoms with Gasteiger partial charge < -0.3 is 5.32 Å². The molecule has 0 saturated carbocycles. The molecule has 0 amide bonds. The van der Waals surface area contributed by atoms with Crippen molar-refractivity contribution in [2.45, 2.75) is 26.3 Å². The Morgan fingerprint density at radius 2 is 2.42 bits per heavy atom. The molecular formula is C9H13ClN2. The molecule has 1 aromatic rings. The summed E-state index contributed by atoms with van der Waals surface area (Å²) in [6.07, 6.45) is 4.46. The Kier molecular flexibility index (Phi) is 3.35. The van der Waals surface area contributed by atoms with E-state index in [0.717, 1.165) is 12.1 Å². The van der Waals surface area contributed by atoms with Gasteiger partial charge in [0, 0.05) is 18.4 Å². The average molecular weight is 185 g/mol. The second-order valence-electron chi connectivity index (χ2n) is 2.81. The smallest absolute Gasteiger partial charge is 0.0820 e. The minimum atomic E-state index is 0.449. The normalized spacial score (nSPS) is 12.6. The zero-order valence-corrected chi connectivity index (χ0v) is 8.10. The number of halogens is 1. The number of pyridine rings is 1. The monoisotopic (exact) mass is 184 g/mol. The number of nitrogens with zero attached hydrogens (tertiary/aromatic N) is 1. The van der Waals surface area contributed by atoms with Crippen LogP contribution >= 0.6 is 11.6 Å². The molecular weight excluding hydrogens is 172 g/mol. The number of anilines is 1. The molecule has 0 aliphatic carbocycles. The summed E-state index contributed by atoms with van der Waals surface area (Å²) < 4.78 is 0. The SMILES string of the molecule is CCC(C)Nc1ccncc1Cl. The highest BCUT2D eigenvalue weighted by Crippen LogP contribution is 2.20. The summed E-state index contributed by atoms with van der Waals surface area (Å²) in [7, 11) is 0. The summed E-state index contributed by atoms with van der Waals surface area (Å²) in [6, 6.07) is 2.33. The van der Waals surface area contributed by atoms with Crippen molar-refractivity contribution >= 4 is 17.3 Å². The predicted octanol–water partition coefficient (Wildman–Crippen LogP) is 2.95. The lowest BCUT2D eigenvalue weighted by molar-refractivity contribution is 0.764. The predicted molar refractivity (Wildman–Crippen MR) is 52.6 cm³/mol. The first-order valence-corrected chi connectivity index (χ1v) is 4.48. The molecule has 66 valence electrons. The minimum absolute atomic E-state index is 0.449. The molecule has 1 atom stereocenters. The fourth-order valence-corrected chi connectivity index (χ4v) is 1.03. The highest BCUT2D eigenvalue weighted by atomic mass is 35.5. The van der Waals surface area contributed by atoms with Gasteiger partial charge >= 0.3 is 0 Å². The van der Waals surface area contributed by atoms with Crippen LogP contribution in [-0.4, -0.2) is 11.0 Å². The van der Waals surface area contributed by atoms with Crippen LogP contribution in [0.15, 0.2) is 18.5 Å². The van der Waals surface area contributed by atoms with Crippen LogP contribution in [0.2, 0.25) is 5.02 Å². The van der Waals surface area contributed by atoms with Crippen molar-refractivity contribution in [2.24, 2.45) is 0 Å². The van der Waals surface area contributed by atoms with Crippen LogP contribution in [0.25, 0.3) is 0 Å². The van der Waals surface area contributed by atoms with Gasteiger partial charge in [0.05, 0.1) is 10.7 Å². The van der Waals surface area contributed by atoms with Crippen molar-refractivity contribution in [2.75, 3.05) is 5.32 Å². The fraction of sp³-hybridized carbons (Fsp3) is 0.444. The maximum atomic E-state index is 5.90. The molecule has 12 heavy (non-hydrogen) atoms. The number of rotatable bonds is 3. The maximum absolute atomic E-state index is 5.90. The Hall–Kier alpha value is -0.760. The van der Waals surface area contributed by atoms with E-state index in [2.05, 4.69) is 24.1 Å². The van der Waals surface area contributed by atoms with Gasteiger partial charge in [-0.2, -0.15) is 0 Å². The van der Waals surface area contributed by atoms with Gasteiger partial charge in [-0.1, -0.05) is 18.5 Å². The number of aromatic nitrogens is 1. The first-order valence-electron chi connectivity index (χ1n) is 4.10. The van der Waals surface area contributed by atoms with E-state index in [1.54, 1.807) is 12.4 Å². The molecule has 2 nitrogen and oxygen atoms in total. The summed E-state index contributed by atoms with van der Waals surface area (Å²) in [5.41, 5.74) is 0.959. The lowest BCUT2D eigenvalue weighted by Gasteiger charge is -2.13. The molecule has 0 bridgehead atoms. The number of hydrogen-bond donors (Lipinski definition) is 1. The van der Waals surface area contributed by atoms with Crippen LogP contribution in [0.4, 0.5) is 5.69 Å². The van der Waals surface area contributed by atoms with Gasteiger partial charge in [0.2, 0.25) is 0 Å². The zero-order chi connectivity index (χ0) is 8.97. The first kappa shape index (κ1) is 9.33. The second-order valence-corrected chi connectivity index (χ2v) is 3.22. The molecule has 0 aliphatic rings. The van der Waals surface area contributed by atoms with Crippen molar-refractivity contribution in [1.29, 1.82) is 0 Å². The third kappa shape index (κ3) is 2.38. The van der Waals surface area contributed by atoms with Gasteiger partial charge in [0.1, 0.15) is 0 Å². The van der Waals surface area contributed by atoms with Crippen LogP contribution in [0.5, 0.6) is 0 Å². The molecule has 0 aliphatic heterocycles. The highest BCUT2D eigenvalue weighted by Gasteiger charge is 2.01. The molecule has 1 N–H and O–H groups in total. The first-order chi connectivity index (χ1) is 5.74. The van der Waals surface area contributed by atoms with E-state index >= 15 is 0 Å². The molecule has 1 heterocycles. The Labute approximate surface area is 78.0 Å². The summed E-state index contributed by atoms with van der Waals surface area (Å²) in [4.78, 5) is 3.91. The Bertz CT molecular complexity index is 250. The van der Waals surface area contributed by atoms with Gasteiger partial charge in [-0.3, -0.25) is 4.98 Å². The molecule has 0 radical (unpaired) electrons. The summed E-state index contributed by atoms with van der Waals surface area (Å²) in [6.45, 7) is 4.25. The van der Waals surface area contributed by atoms with E-state index in [4.69, 9.17) is 11.6 Å². The molecule has 3 heteroatoms. The van der Waals surface area contributed by atoms with Crippen LogP contribution in [0, 0.1) is 0 Å². The van der Waals surface area contributed by atoms with Gasteiger partial charge in [-0.15, -0.1) is 0 Å². The standard InChI is InChI=1S/C9H13ClN2/c1-3-7(2)12-9-4-5-11-6-8(9)10/h4-7H,3H2,1-2H3,(H,11,12). The van der Waals surface area contributed by atoms with Crippen LogP contribution in [-0.2, 0) is 0 Å². The van der Waals surface area contributed by atoms with Crippen LogP contribution < -0.4 is 5.32 Å². The van der Waals surface area contributed by atoms with Crippen molar-refractivity contribution in [3.05, 3.63) is 23.5 Å². The lowest BCUT2D eigenvalue weighted by atomic mass is 10.2. The highest BCUT2D eigenvalue weighted by molar-refractivity contribution is 6.33. The third-order valence-electron chi connectivity index (χ3n) is 1.79. The van der Waals surface area contributed by atoms with E-state index in [0.29, 0.717) is 11.1 Å². The third-order valence-corrected chi connectivity index (χ3v) is 2.09. The summed E-state index contributed by atoms with van der Waals surface area (Å²) in [5.74, 6) is 0. The quantitative estimate of drug-likeness (QED) is 0.782. The van der Waals surface area contributed by atoms with Crippen LogP contribution in [0.3, 0.4) is 0 Å². The molecule has 0 fully saturated rings. The Balaban J connectivity index is 2.69. The van der Waals surface area contributed by atoms with Gasteiger partial charge in [0.15, 0.2) is 0 Å².